The first kappa shape index (κ1) is 9.54. The molecule has 0 radical (unpaired) electrons. The van der Waals surface area contributed by atoms with Gasteiger partial charge in [-0.2, -0.15) is 0 Å². The minimum atomic E-state index is -0.694. The number of alkyl halides is 1. The van der Waals surface area contributed by atoms with E-state index >= 15 is 0 Å². The molecule has 0 heterocycles. The van der Waals surface area contributed by atoms with Crippen LogP contribution in [0.5, 0.6) is 0 Å². The molecule has 0 fully saturated rings. The average Bonchev–Trinajstić information content (AvgIpc) is 0.811. The standard InChI is InChI=1S/C2H5ClO.Na.H/c1-2(3)4;;/h2,4H,1H3;;. The molecule has 0 aliphatic heterocycles. The van der Waals surface area contributed by atoms with Gasteiger partial charge in [-0.15, -0.1) is 0 Å². The first-order chi connectivity index (χ1) is 1.73. The zero-order chi connectivity index (χ0) is 3.58. The van der Waals surface area contributed by atoms with Crippen molar-refractivity contribution in [3.63, 3.8) is 0 Å². The molecule has 0 aromatic carbocycles. The van der Waals surface area contributed by atoms with Crippen LogP contribution in [0.1, 0.15) is 6.92 Å². The van der Waals surface area contributed by atoms with Crippen LogP contribution in [0.4, 0.5) is 0 Å². The van der Waals surface area contributed by atoms with E-state index in [2.05, 4.69) is 0 Å². The fourth-order valence-electron chi connectivity index (χ4n) is 0. The van der Waals surface area contributed by atoms with Gasteiger partial charge >= 0.3 is 29.6 Å². The van der Waals surface area contributed by atoms with E-state index in [1.54, 1.807) is 0 Å². The van der Waals surface area contributed by atoms with Crippen LogP contribution in [-0.2, 0) is 0 Å². The summed E-state index contributed by atoms with van der Waals surface area (Å²) in [4.78, 5) is 0. The number of hydrogen-bond acceptors (Lipinski definition) is 1. The van der Waals surface area contributed by atoms with Gasteiger partial charge in [-0.25, -0.2) is 0 Å². The second kappa shape index (κ2) is 5.25. The molecule has 0 aromatic heterocycles. The Kier molecular flexibility index (Phi) is 10.0. The van der Waals surface area contributed by atoms with Crippen molar-refractivity contribution in [3.8, 4) is 0 Å². The van der Waals surface area contributed by atoms with Gasteiger partial charge < -0.3 is 5.11 Å². The number of hydrogen-bond donors (Lipinski definition) is 1. The Bertz CT molecular complexity index is 14.4. The topological polar surface area (TPSA) is 20.2 Å². The number of rotatable bonds is 0. The van der Waals surface area contributed by atoms with E-state index in [4.69, 9.17) is 16.7 Å². The number of halogens is 1. The van der Waals surface area contributed by atoms with E-state index in [9.17, 15) is 0 Å². The maximum absolute atomic E-state index is 7.82. The Labute approximate surface area is 58.6 Å². The zero-order valence-electron chi connectivity index (χ0n) is 2.40. The van der Waals surface area contributed by atoms with Crippen LogP contribution < -0.4 is 0 Å². The van der Waals surface area contributed by atoms with Crippen molar-refractivity contribution in [2.45, 2.75) is 12.5 Å². The van der Waals surface area contributed by atoms with Crippen molar-refractivity contribution in [2.75, 3.05) is 0 Å². The average molecular weight is 105 g/mol. The number of aliphatic hydroxyl groups is 1. The zero-order valence-corrected chi connectivity index (χ0v) is 3.16. The van der Waals surface area contributed by atoms with Crippen molar-refractivity contribution < 1.29 is 5.11 Å². The predicted molar refractivity (Wildman–Crippen MR) is 24.7 cm³/mol. The molecule has 5 heavy (non-hydrogen) atoms. The van der Waals surface area contributed by atoms with Gasteiger partial charge in [-0.1, -0.05) is 11.6 Å². The molecule has 0 bridgehead atoms. The Hall–Kier alpha value is 1.25. The Morgan fingerprint density at radius 1 is 1.80 bits per heavy atom. The van der Waals surface area contributed by atoms with Crippen molar-refractivity contribution in [3.05, 3.63) is 0 Å². The van der Waals surface area contributed by atoms with Gasteiger partial charge in [0.05, 0.1) is 0 Å². The van der Waals surface area contributed by atoms with E-state index in [1.807, 2.05) is 0 Å². The second-order valence-corrected chi connectivity index (χ2v) is 1.21. The van der Waals surface area contributed by atoms with E-state index in [0.29, 0.717) is 0 Å². The van der Waals surface area contributed by atoms with E-state index in [-0.39, 0.29) is 29.6 Å². The van der Waals surface area contributed by atoms with E-state index in [1.165, 1.54) is 6.92 Å². The van der Waals surface area contributed by atoms with Crippen molar-refractivity contribution in [2.24, 2.45) is 0 Å². The van der Waals surface area contributed by atoms with Crippen LogP contribution in [0, 0.1) is 0 Å². The van der Waals surface area contributed by atoms with Gasteiger partial charge in [0, 0.05) is 0 Å². The third kappa shape index (κ3) is 35.5. The van der Waals surface area contributed by atoms with Crippen molar-refractivity contribution >= 4 is 41.2 Å². The van der Waals surface area contributed by atoms with Gasteiger partial charge in [0.15, 0.2) is 0 Å². The minimum absolute atomic E-state index is 0. The maximum atomic E-state index is 7.82. The summed E-state index contributed by atoms with van der Waals surface area (Å²) < 4.78 is 0. The van der Waals surface area contributed by atoms with Gasteiger partial charge in [0.2, 0.25) is 0 Å². The van der Waals surface area contributed by atoms with Crippen LogP contribution >= 0.6 is 11.6 Å². The fraction of sp³-hybridized carbons (Fsp3) is 1.00. The van der Waals surface area contributed by atoms with Crippen molar-refractivity contribution in [1.29, 1.82) is 0 Å². The second-order valence-electron chi connectivity index (χ2n) is 0.574. The number of aliphatic hydroxyl groups excluding tert-OH is 1. The van der Waals surface area contributed by atoms with E-state index in [0.717, 1.165) is 0 Å². The van der Waals surface area contributed by atoms with Gasteiger partial charge in [0.25, 0.3) is 0 Å². The summed E-state index contributed by atoms with van der Waals surface area (Å²) in [5.74, 6) is 0. The van der Waals surface area contributed by atoms with Crippen LogP contribution in [-0.4, -0.2) is 40.2 Å². The summed E-state index contributed by atoms with van der Waals surface area (Å²) in [7, 11) is 0. The SMILES string of the molecule is CC(O)Cl.[NaH]. The third-order valence-corrected chi connectivity index (χ3v) is 0. The molecule has 0 rings (SSSR count). The van der Waals surface area contributed by atoms with Gasteiger partial charge in [-0.3, -0.25) is 0 Å². The fourth-order valence-corrected chi connectivity index (χ4v) is 0. The first-order valence-electron chi connectivity index (χ1n) is 1.05. The molecular formula is C2H6ClNaO. The molecule has 3 heteroatoms. The molecule has 0 spiro atoms. The Morgan fingerprint density at radius 3 is 1.80 bits per heavy atom. The van der Waals surface area contributed by atoms with Gasteiger partial charge in [0.1, 0.15) is 5.56 Å². The molecule has 0 saturated carbocycles. The molecule has 0 amide bonds. The van der Waals surface area contributed by atoms with Crippen LogP contribution in [0.25, 0.3) is 0 Å². The molecule has 1 nitrogen and oxygen atoms in total. The summed E-state index contributed by atoms with van der Waals surface area (Å²) in [6.45, 7) is 1.49. The molecule has 0 saturated heterocycles. The summed E-state index contributed by atoms with van der Waals surface area (Å²) in [5, 5.41) is 7.82. The van der Waals surface area contributed by atoms with Gasteiger partial charge in [-0.05, 0) is 6.92 Å². The van der Waals surface area contributed by atoms with E-state index < -0.39 is 5.56 Å². The molecule has 28 valence electrons. The molecule has 0 aliphatic carbocycles. The quantitative estimate of drug-likeness (QED) is 0.337. The Balaban J connectivity index is 0. The van der Waals surface area contributed by atoms with Crippen LogP contribution in [0.15, 0.2) is 0 Å². The summed E-state index contributed by atoms with van der Waals surface area (Å²) >= 11 is 4.83. The molecule has 1 unspecified atom stereocenters. The molecule has 0 aliphatic rings. The van der Waals surface area contributed by atoms with Crippen LogP contribution in [0.2, 0.25) is 0 Å². The summed E-state index contributed by atoms with van der Waals surface area (Å²) in [5.41, 5.74) is -0.694. The summed E-state index contributed by atoms with van der Waals surface area (Å²) in [6.07, 6.45) is 0. The van der Waals surface area contributed by atoms with Crippen LogP contribution in [0.3, 0.4) is 0 Å². The first-order valence-corrected chi connectivity index (χ1v) is 1.49. The summed E-state index contributed by atoms with van der Waals surface area (Å²) in [6, 6.07) is 0. The molecule has 1 atom stereocenters. The molecule has 1 N–H and O–H groups in total. The molecular weight excluding hydrogens is 98.5 g/mol. The van der Waals surface area contributed by atoms with Crippen molar-refractivity contribution in [1.82, 2.24) is 0 Å². The molecule has 0 aromatic rings. The Morgan fingerprint density at radius 2 is 1.80 bits per heavy atom. The normalized spacial score (nSPS) is 12.6. The third-order valence-electron chi connectivity index (χ3n) is 0. The monoisotopic (exact) mass is 104 g/mol. The predicted octanol–water partition coefficient (Wildman–Crippen LogP) is -0.0850.